The van der Waals surface area contributed by atoms with Crippen molar-refractivity contribution in [2.45, 2.75) is 13.3 Å². The zero-order valence-electron chi connectivity index (χ0n) is 9.35. The molecule has 1 aromatic rings. The van der Waals surface area contributed by atoms with Crippen LogP contribution in [0.4, 0.5) is 11.5 Å². The van der Waals surface area contributed by atoms with Crippen molar-refractivity contribution in [1.29, 1.82) is 5.26 Å². The second kappa shape index (κ2) is 5.93. The van der Waals surface area contributed by atoms with Crippen LogP contribution in [0.5, 0.6) is 0 Å². The van der Waals surface area contributed by atoms with Gasteiger partial charge in [-0.2, -0.15) is 5.26 Å². The van der Waals surface area contributed by atoms with Gasteiger partial charge in [-0.3, -0.25) is 0 Å². The van der Waals surface area contributed by atoms with Gasteiger partial charge in [0.15, 0.2) is 5.82 Å². The average molecular weight is 220 g/mol. The minimum atomic E-state index is 0.146. The van der Waals surface area contributed by atoms with E-state index in [4.69, 9.17) is 16.1 Å². The van der Waals surface area contributed by atoms with Crippen LogP contribution in [0.1, 0.15) is 18.9 Å². The molecule has 1 heterocycles. The highest BCUT2D eigenvalue weighted by atomic mass is 16.3. The Kier molecular flexibility index (Phi) is 4.55. The molecule has 5 nitrogen and oxygen atoms in total. The summed E-state index contributed by atoms with van der Waals surface area (Å²) in [4.78, 5) is 6.15. The Bertz CT molecular complexity index is 386. The average Bonchev–Trinajstić information content (AvgIpc) is 2.31. The third kappa shape index (κ3) is 2.84. The predicted molar refractivity (Wildman–Crippen MR) is 63.0 cm³/mol. The third-order valence-corrected chi connectivity index (χ3v) is 2.29. The number of hydrogen-bond acceptors (Lipinski definition) is 5. The summed E-state index contributed by atoms with van der Waals surface area (Å²) in [5.41, 5.74) is 6.78. The maximum atomic E-state index is 8.79. The summed E-state index contributed by atoms with van der Waals surface area (Å²) in [5, 5.41) is 17.5. The molecule has 86 valence electrons. The summed E-state index contributed by atoms with van der Waals surface area (Å²) in [5.74, 6) is 0.676. The lowest BCUT2D eigenvalue weighted by atomic mass is 10.2. The van der Waals surface area contributed by atoms with Crippen molar-refractivity contribution in [2.24, 2.45) is 0 Å². The Morgan fingerprint density at radius 3 is 2.88 bits per heavy atom. The van der Waals surface area contributed by atoms with Gasteiger partial charge in [0.2, 0.25) is 0 Å². The highest BCUT2D eigenvalue weighted by molar-refractivity contribution is 5.64. The van der Waals surface area contributed by atoms with Crippen molar-refractivity contribution in [3.8, 4) is 6.07 Å². The van der Waals surface area contributed by atoms with Gasteiger partial charge in [-0.1, -0.05) is 0 Å². The highest BCUT2D eigenvalue weighted by Gasteiger charge is 2.09. The summed E-state index contributed by atoms with van der Waals surface area (Å²) in [6.45, 7) is 3.61. The van der Waals surface area contributed by atoms with E-state index in [1.807, 2.05) is 17.9 Å². The van der Waals surface area contributed by atoms with Gasteiger partial charge >= 0.3 is 0 Å². The maximum absolute atomic E-state index is 8.79. The number of nitrogens with zero attached hydrogens (tertiary/aromatic N) is 3. The Balaban J connectivity index is 2.89. The number of nitrogens with two attached hydrogens (primary N) is 1. The molecule has 0 aliphatic rings. The van der Waals surface area contributed by atoms with Gasteiger partial charge in [0.25, 0.3) is 0 Å². The van der Waals surface area contributed by atoms with E-state index in [2.05, 4.69) is 4.98 Å². The quantitative estimate of drug-likeness (QED) is 0.764. The number of pyridine rings is 1. The molecule has 0 saturated carbocycles. The van der Waals surface area contributed by atoms with Crippen LogP contribution in [0.2, 0.25) is 0 Å². The Morgan fingerprint density at radius 2 is 2.38 bits per heavy atom. The molecule has 16 heavy (non-hydrogen) atoms. The predicted octanol–water partition coefficient (Wildman–Crippen LogP) is 0.744. The second-order valence-corrected chi connectivity index (χ2v) is 3.41. The van der Waals surface area contributed by atoms with Crippen LogP contribution in [-0.2, 0) is 0 Å². The van der Waals surface area contributed by atoms with Crippen LogP contribution >= 0.6 is 0 Å². The van der Waals surface area contributed by atoms with Crippen LogP contribution in [0.3, 0.4) is 0 Å². The first kappa shape index (κ1) is 12.3. The summed E-state index contributed by atoms with van der Waals surface area (Å²) >= 11 is 0. The highest BCUT2D eigenvalue weighted by Crippen LogP contribution is 2.20. The number of nitrogen functional groups attached to an aromatic ring is 1. The summed E-state index contributed by atoms with van der Waals surface area (Å²) in [6, 6.07) is 3.61. The van der Waals surface area contributed by atoms with Crippen LogP contribution < -0.4 is 10.6 Å². The van der Waals surface area contributed by atoms with Gasteiger partial charge in [-0.15, -0.1) is 0 Å². The Labute approximate surface area is 95.1 Å². The molecule has 0 spiro atoms. The molecular weight excluding hydrogens is 204 g/mol. The standard InChI is InChI=1S/C11H16N4O/c1-2-15(4-3-5-16)11-10(13)6-9(7-12)8-14-11/h6,8,16H,2-5,13H2,1H3. The van der Waals surface area contributed by atoms with Gasteiger partial charge < -0.3 is 15.7 Å². The van der Waals surface area contributed by atoms with Crippen LogP contribution in [-0.4, -0.2) is 29.8 Å². The molecule has 0 unspecified atom stereocenters. The Hall–Kier alpha value is -1.80. The number of hydrogen-bond donors (Lipinski definition) is 2. The monoisotopic (exact) mass is 220 g/mol. The van der Waals surface area contributed by atoms with E-state index < -0.39 is 0 Å². The van der Waals surface area contributed by atoms with E-state index in [1.165, 1.54) is 6.20 Å². The van der Waals surface area contributed by atoms with Crippen LogP contribution in [0, 0.1) is 11.3 Å². The lowest BCUT2D eigenvalue weighted by Crippen LogP contribution is -2.26. The smallest absolute Gasteiger partial charge is 0.151 e. The van der Waals surface area contributed by atoms with E-state index in [0.29, 0.717) is 30.0 Å². The van der Waals surface area contributed by atoms with Crippen molar-refractivity contribution in [2.75, 3.05) is 30.3 Å². The minimum absolute atomic E-state index is 0.146. The summed E-state index contributed by atoms with van der Waals surface area (Å²) in [7, 11) is 0. The number of anilines is 2. The van der Waals surface area contributed by atoms with E-state index in [-0.39, 0.29) is 6.61 Å². The molecule has 0 aromatic carbocycles. The minimum Gasteiger partial charge on any atom is -0.396 e. The molecule has 0 radical (unpaired) electrons. The number of aliphatic hydroxyl groups is 1. The molecule has 1 aromatic heterocycles. The van der Waals surface area contributed by atoms with Crippen molar-refractivity contribution in [3.05, 3.63) is 17.8 Å². The fourth-order valence-electron chi connectivity index (χ4n) is 1.48. The van der Waals surface area contributed by atoms with Crippen molar-refractivity contribution in [3.63, 3.8) is 0 Å². The van der Waals surface area contributed by atoms with Gasteiger partial charge in [-0.25, -0.2) is 4.98 Å². The molecular formula is C11H16N4O. The van der Waals surface area contributed by atoms with Gasteiger partial charge in [0.1, 0.15) is 6.07 Å². The molecule has 0 aliphatic heterocycles. The lowest BCUT2D eigenvalue weighted by molar-refractivity contribution is 0.289. The topological polar surface area (TPSA) is 86.2 Å². The number of aromatic nitrogens is 1. The fraction of sp³-hybridized carbons (Fsp3) is 0.455. The first-order valence-electron chi connectivity index (χ1n) is 5.24. The van der Waals surface area contributed by atoms with E-state index in [0.717, 1.165) is 6.54 Å². The van der Waals surface area contributed by atoms with E-state index in [1.54, 1.807) is 6.07 Å². The zero-order chi connectivity index (χ0) is 12.0. The molecule has 0 aliphatic carbocycles. The lowest BCUT2D eigenvalue weighted by Gasteiger charge is -2.22. The maximum Gasteiger partial charge on any atom is 0.151 e. The summed E-state index contributed by atoms with van der Waals surface area (Å²) < 4.78 is 0. The molecule has 3 N–H and O–H groups in total. The van der Waals surface area contributed by atoms with Crippen LogP contribution in [0.25, 0.3) is 0 Å². The zero-order valence-corrected chi connectivity index (χ0v) is 9.35. The van der Waals surface area contributed by atoms with E-state index in [9.17, 15) is 0 Å². The molecule has 0 fully saturated rings. The van der Waals surface area contributed by atoms with Gasteiger partial charge in [0, 0.05) is 25.9 Å². The molecule has 1 rings (SSSR count). The number of rotatable bonds is 5. The SMILES string of the molecule is CCN(CCCO)c1ncc(C#N)cc1N. The fourth-order valence-corrected chi connectivity index (χ4v) is 1.48. The van der Waals surface area contributed by atoms with Gasteiger partial charge in [0.05, 0.1) is 11.3 Å². The Morgan fingerprint density at radius 1 is 1.62 bits per heavy atom. The van der Waals surface area contributed by atoms with Crippen molar-refractivity contribution < 1.29 is 5.11 Å². The largest absolute Gasteiger partial charge is 0.396 e. The molecule has 0 atom stereocenters. The van der Waals surface area contributed by atoms with Crippen molar-refractivity contribution in [1.82, 2.24) is 4.98 Å². The third-order valence-electron chi connectivity index (χ3n) is 2.29. The summed E-state index contributed by atoms with van der Waals surface area (Å²) in [6.07, 6.45) is 2.18. The molecule has 0 saturated heterocycles. The normalized spacial score (nSPS) is 9.81. The second-order valence-electron chi connectivity index (χ2n) is 3.41. The molecule has 0 bridgehead atoms. The number of nitriles is 1. The first-order valence-corrected chi connectivity index (χ1v) is 5.24. The van der Waals surface area contributed by atoms with Gasteiger partial charge in [-0.05, 0) is 19.4 Å². The first-order chi connectivity index (χ1) is 7.72. The molecule has 5 heteroatoms. The van der Waals surface area contributed by atoms with Crippen molar-refractivity contribution >= 4 is 11.5 Å². The number of aliphatic hydroxyl groups excluding tert-OH is 1. The molecule has 0 amide bonds. The van der Waals surface area contributed by atoms with Crippen LogP contribution in [0.15, 0.2) is 12.3 Å². The van der Waals surface area contributed by atoms with E-state index >= 15 is 0 Å².